The van der Waals surface area contributed by atoms with Gasteiger partial charge in [0.15, 0.2) is 0 Å². The molecule has 7 heteroatoms. The molecule has 1 saturated carbocycles. The van der Waals surface area contributed by atoms with Crippen LogP contribution in [0.25, 0.3) is 0 Å². The minimum Gasteiger partial charge on any atom is -0.338 e. The van der Waals surface area contributed by atoms with Gasteiger partial charge in [-0.15, -0.1) is 6.58 Å². The predicted octanol–water partition coefficient (Wildman–Crippen LogP) is 1.37. The van der Waals surface area contributed by atoms with Crippen molar-refractivity contribution in [3.05, 3.63) is 12.7 Å². The van der Waals surface area contributed by atoms with Crippen molar-refractivity contribution in [2.45, 2.75) is 45.1 Å². The molecule has 1 aliphatic carbocycles. The Bertz CT molecular complexity index is 557. The Balaban J connectivity index is 2.11. The first kappa shape index (κ1) is 18.4. The van der Waals surface area contributed by atoms with Crippen LogP contribution in [0.5, 0.6) is 0 Å². The fraction of sp³-hybridized carbons (Fsp3) is 0.812. The monoisotopic (exact) mass is 343 g/mol. The molecule has 0 aromatic rings. The zero-order valence-electron chi connectivity index (χ0n) is 14.4. The van der Waals surface area contributed by atoms with E-state index >= 15 is 0 Å². The van der Waals surface area contributed by atoms with E-state index in [9.17, 15) is 13.2 Å². The summed E-state index contributed by atoms with van der Waals surface area (Å²) in [6.07, 6.45) is 6.44. The molecule has 1 heterocycles. The number of nitrogens with zero attached hydrogens (tertiary/aromatic N) is 2. The van der Waals surface area contributed by atoms with E-state index in [0.717, 1.165) is 36.5 Å². The average molecular weight is 343 g/mol. The second-order valence-electron chi connectivity index (χ2n) is 7.20. The quantitative estimate of drug-likeness (QED) is 0.677. The standard InChI is InChI=1S/C16H29N3O3S/c1-5-9-16(2)10-6-11-19(15(16)20)14(13-7-8-13)12-17-23(21,22)18(3)4/h5,13-14,17H,1,6-12H2,2-4H3/t14-,16?/m1/s1. The summed E-state index contributed by atoms with van der Waals surface area (Å²) in [6.45, 7) is 6.78. The number of amides is 1. The summed E-state index contributed by atoms with van der Waals surface area (Å²) in [5, 5.41) is 0. The molecule has 2 fully saturated rings. The van der Waals surface area contributed by atoms with Gasteiger partial charge in [-0.1, -0.05) is 13.0 Å². The lowest BCUT2D eigenvalue weighted by Crippen LogP contribution is -2.56. The second-order valence-corrected chi connectivity index (χ2v) is 9.17. The molecule has 0 aromatic heterocycles. The Morgan fingerprint density at radius 1 is 1.48 bits per heavy atom. The molecule has 2 aliphatic rings. The minimum absolute atomic E-state index is 0.0401. The Hall–Kier alpha value is -0.920. The van der Waals surface area contributed by atoms with E-state index in [0.29, 0.717) is 18.9 Å². The van der Waals surface area contributed by atoms with Crippen molar-refractivity contribution >= 4 is 16.1 Å². The molecule has 0 bridgehead atoms. The number of piperidine rings is 1. The average Bonchev–Trinajstić information content (AvgIpc) is 3.28. The number of carbonyl (C=O) groups excluding carboxylic acids is 1. The third kappa shape index (κ3) is 4.14. The van der Waals surface area contributed by atoms with Gasteiger partial charge in [-0.05, 0) is 38.0 Å². The van der Waals surface area contributed by atoms with Crippen LogP contribution in [-0.2, 0) is 15.0 Å². The molecule has 132 valence electrons. The van der Waals surface area contributed by atoms with Crippen molar-refractivity contribution in [1.82, 2.24) is 13.9 Å². The highest BCUT2D eigenvalue weighted by Gasteiger charge is 2.45. The Morgan fingerprint density at radius 3 is 2.65 bits per heavy atom. The Labute approximate surface area is 140 Å². The molecule has 0 radical (unpaired) electrons. The highest BCUT2D eigenvalue weighted by molar-refractivity contribution is 7.87. The van der Waals surface area contributed by atoms with E-state index in [1.165, 1.54) is 14.1 Å². The molecule has 1 N–H and O–H groups in total. The third-order valence-electron chi connectivity index (χ3n) is 5.02. The van der Waals surface area contributed by atoms with E-state index < -0.39 is 15.6 Å². The SMILES string of the molecule is C=CCC1(C)CCCN([C@H](CNS(=O)(=O)N(C)C)C2CC2)C1=O. The Morgan fingerprint density at radius 2 is 2.13 bits per heavy atom. The number of hydrogen-bond acceptors (Lipinski definition) is 3. The molecule has 2 atom stereocenters. The van der Waals surface area contributed by atoms with E-state index in [4.69, 9.17) is 0 Å². The van der Waals surface area contributed by atoms with Crippen LogP contribution >= 0.6 is 0 Å². The van der Waals surface area contributed by atoms with Crippen LogP contribution in [0.15, 0.2) is 12.7 Å². The van der Waals surface area contributed by atoms with Crippen molar-refractivity contribution in [2.24, 2.45) is 11.3 Å². The van der Waals surface area contributed by atoms with Crippen LogP contribution < -0.4 is 4.72 Å². The van der Waals surface area contributed by atoms with Gasteiger partial charge in [-0.2, -0.15) is 12.7 Å². The molecule has 1 saturated heterocycles. The van der Waals surface area contributed by atoms with E-state index in [1.807, 2.05) is 17.9 Å². The van der Waals surface area contributed by atoms with Gasteiger partial charge in [0.25, 0.3) is 10.2 Å². The van der Waals surface area contributed by atoms with E-state index in [2.05, 4.69) is 11.3 Å². The molecular weight excluding hydrogens is 314 g/mol. The topological polar surface area (TPSA) is 69.7 Å². The maximum atomic E-state index is 13.0. The van der Waals surface area contributed by atoms with Crippen LogP contribution in [0.4, 0.5) is 0 Å². The first-order chi connectivity index (χ1) is 10.7. The van der Waals surface area contributed by atoms with Gasteiger partial charge in [0.2, 0.25) is 5.91 Å². The zero-order chi connectivity index (χ0) is 17.3. The minimum atomic E-state index is -3.46. The van der Waals surface area contributed by atoms with Crippen molar-refractivity contribution < 1.29 is 13.2 Å². The zero-order valence-corrected chi connectivity index (χ0v) is 15.2. The lowest BCUT2D eigenvalue weighted by Gasteiger charge is -2.43. The van der Waals surface area contributed by atoms with Crippen molar-refractivity contribution in [2.75, 3.05) is 27.2 Å². The molecular formula is C16H29N3O3S. The summed E-state index contributed by atoms with van der Waals surface area (Å²) < 4.78 is 27.7. The summed E-state index contributed by atoms with van der Waals surface area (Å²) in [5.41, 5.74) is -0.395. The van der Waals surface area contributed by atoms with Gasteiger partial charge in [-0.25, -0.2) is 4.72 Å². The molecule has 1 amide bonds. The van der Waals surface area contributed by atoms with Crippen LogP contribution in [-0.4, -0.2) is 56.8 Å². The lowest BCUT2D eigenvalue weighted by atomic mass is 9.77. The molecule has 0 spiro atoms. The van der Waals surface area contributed by atoms with E-state index in [-0.39, 0.29) is 11.9 Å². The first-order valence-electron chi connectivity index (χ1n) is 8.30. The molecule has 2 rings (SSSR count). The molecule has 0 aromatic carbocycles. The van der Waals surface area contributed by atoms with Crippen LogP contribution in [0.3, 0.4) is 0 Å². The molecule has 1 unspecified atom stereocenters. The summed E-state index contributed by atoms with van der Waals surface area (Å²) in [5.74, 6) is 0.555. The molecule has 23 heavy (non-hydrogen) atoms. The summed E-state index contributed by atoms with van der Waals surface area (Å²) in [7, 11) is -0.462. The summed E-state index contributed by atoms with van der Waals surface area (Å²) >= 11 is 0. The van der Waals surface area contributed by atoms with Crippen molar-refractivity contribution in [1.29, 1.82) is 0 Å². The fourth-order valence-electron chi connectivity index (χ4n) is 3.35. The van der Waals surface area contributed by atoms with Crippen molar-refractivity contribution in [3.8, 4) is 0 Å². The number of nitrogens with one attached hydrogen (secondary N) is 1. The number of allylic oxidation sites excluding steroid dienone is 1. The summed E-state index contributed by atoms with van der Waals surface area (Å²) in [4.78, 5) is 14.9. The van der Waals surface area contributed by atoms with E-state index in [1.54, 1.807) is 0 Å². The maximum Gasteiger partial charge on any atom is 0.279 e. The smallest absolute Gasteiger partial charge is 0.279 e. The number of hydrogen-bond donors (Lipinski definition) is 1. The number of carbonyl (C=O) groups is 1. The maximum absolute atomic E-state index is 13.0. The molecule has 6 nitrogen and oxygen atoms in total. The highest BCUT2D eigenvalue weighted by Crippen LogP contribution is 2.41. The fourth-order valence-corrected chi connectivity index (χ4v) is 3.99. The first-order valence-corrected chi connectivity index (χ1v) is 9.74. The van der Waals surface area contributed by atoms with Crippen LogP contribution in [0.1, 0.15) is 39.0 Å². The molecule has 1 aliphatic heterocycles. The van der Waals surface area contributed by atoms with Gasteiger partial charge in [-0.3, -0.25) is 4.79 Å². The summed E-state index contributed by atoms with van der Waals surface area (Å²) in [6, 6.07) is -0.0401. The van der Waals surface area contributed by atoms with Gasteiger partial charge in [0.05, 0.1) is 5.41 Å². The predicted molar refractivity (Wildman–Crippen MR) is 91.0 cm³/mol. The number of likely N-dealkylation sites (tertiary alicyclic amines) is 1. The van der Waals surface area contributed by atoms with Gasteiger partial charge < -0.3 is 4.90 Å². The van der Waals surface area contributed by atoms with Gasteiger partial charge in [0.1, 0.15) is 0 Å². The van der Waals surface area contributed by atoms with Gasteiger partial charge >= 0.3 is 0 Å². The second kappa shape index (κ2) is 6.91. The van der Waals surface area contributed by atoms with Crippen molar-refractivity contribution in [3.63, 3.8) is 0 Å². The number of rotatable bonds is 8. The van der Waals surface area contributed by atoms with Gasteiger partial charge in [0, 0.05) is 33.2 Å². The normalized spacial score (nSPS) is 27.3. The Kier molecular flexibility index (Phi) is 5.53. The lowest BCUT2D eigenvalue weighted by molar-refractivity contribution is -0.148. The van der Waals surface area contributed by atoms with Crippen LogP contribution in [0.2, 0.25) is 0 Å². The highest BCUT2D eigenvalue weighted by atomic mass is 32.2. The third-order valence-corrected chi connectivity index (χ3v) is 6.51. The largest absolute Gasteiger partial charge is 0.338 e. The van der Waals surface area contributed by atoms with Crippen LogP contribution in [0, 0.1) is 11.3 Å².